The highest BCUT2D eigenvalue weighted by molar-refractivity contribution is 5.89. The Morgan fingerprint density at radius 3 is 2.71 bits per heavy atom. The van der Waals surface area contributed by atoms with Crippen molar-refractivity contribution in [1.29, 1.82) is 0 Å². The van der Waals surface area contributed by atoms with Crippen LogP contribution < -0.4 is 5.32 Å². The first-order valence-corrected chi connectivity index (χ1v) is 7.10. The van der Waals surface area contributed by atoms with Crippen molar-refractivity contribution in [1.82, 2.24) is 4.98 Å². The lowest BCUT2D eigenvalue weighted by Gasteiger charge is -2.10. The van der Waals surface area contributed by atoms with Gasteiger partial charge in [0.15, 0.2) is 0 Å². The Bertz CT molecular complexity index is 606. The van der Waals surface area contributed by atoms with Gasteiger partial charge in [-0.15, -0.1) is 0 Å². The van der Waals surface area contributed by atoms with Crippen LogP contribution in [0.4, 0.5) is 11.5 Å². The van der Waals surface area contributed by atoms with E-state index in [9.17, 15) is 4.79 Å². The third-order valence-corrected chi connectivity index (χ3v) is 3.10. The number of benzene rings is 1. The molecule has 0 amide bonds. The number of carbonyl (C=O) groups excluding carboxylic acids is 1. The summed E-state index contributed by atoms with van der Waals surface area (Å²) in [5.74, 6) is 0.827. The molecule has 0 radical (unpaired) electrons. The van der Waals surface area contributed by atoms with Crippen molar-refractivity contribution in [3.05, 3.63) is 53.7 Å². The van der Waals surface area contributed by atoms with Crippen molar-refractivity contribution in [2.24, 2.45) is 0 Å². The van der Waals surface area contributed by atoms with Crippen LogP contribution >= 0.6 is 0 Å². The summed E-state index contributed by atoms with van der Waals surface area (Å²) in [5, 5.41) is 3.23. The molecule has 0 saturated heterocycles. The van der Waals surface area contributed by atoms with Crippen molar-refractivity contribution in [2.45, 2.75) is 26.7 Å². The summed E-state index contributed by atoms with van der Waals surface area (Å²) in [7, 11) is 0. The second-order valence-electron chi connectivity index (χ2n) is 5.06. The van der Waals surface area contributed by atoms with Gasteiger partial charge in [-0.25, -0.2) is 9.78 Å². The number of pyridine rings is 1. The van der Waals surface area contributed by atoms with Crippen molar-refractivity contribution in [3.63, 3.8) is 0 Å². The Kier molecular flexibility index (Phi) is 4.93. The lowest BCUT2D eigenvalue weighted by Crippen LogP contribution is -2.05. The van der Waals surface area contributed by atoms with Crippen LogP contribution in [0.5, 0.6) is 0 Å². The summed E-state index contributed by atoms with van der Waals surface area (Å²) in [6, 6.07) is 11.7. The van der Waals surface area contributed by atoms with E-state index < -0.39 is 0 Å². The fourth-order valence-corrected chi connectivity index (χ4v) is 1.93. The average Bonchev–Trinajstić information content (AvgIpc) is 2.48. The van der Waals surface area contributed by atoms with Gasteiger partial charge in [-0.05, 0) is 42.7 Å². The van der Waals surface area contributed by atoms with E-state index in [0.717, 1.165) is 5.69 Å². The van der Waals surface area contributed by atoms with E-state index in [1.54, 1.807) is 19.1 Å². The lowest BCUT2D eigenvalue weighted by molar-refractivity contribution is 0.0526. The quantitative estimate of drug-likeness (QED) is 0.839. The molecule has 4 nitrogen and oxygen atoms in total. The Balaban J connectivity index is 2.10. The second-order valence-corrected chi connectivity index (χ2v) is 5.06. The molecule has 110 valence electrons. The Hall–Kier alpha value is -2.36. The lowest BCUT2D eigenvalue weighted by atomic mass is 10.0. The fraction of sp³-hybridized carbons (Fsp3) is 0.294. The van der Waals surface area contributed by atoms with E-state index >= 15 is 0 Å². The zero-order valence-electron chi connectivity index (χ0n) is 12.6. The molecule has 0 aliphatic heterocycles. The molecule has 0 atom stereocenters. The predicted octanol–water partition coefficient (Wildman–Crippen LogP) is 4.13. The smallest absolute Gasteiger partial charge is 0.339 e. The van der Waals surface area contributed by atoms with Crippen molar-refractivity contribution >= 4 is 17.5 Å². The Morgan fingerprint density at radius 2 is 2.10 bits per heavy atom. The fourth-order valence-electron chi connectivity index (χ4n) is 1.93. The maximum Gasteiger partial charge on any atom is 0.339 e. The van der Waals surface area contributed by atoms with E-state index in [0.29, 0.717) is 23.9 Å². The SMILES string of the molecule is CCOC(=O)c1ccc(Nc2cccc(C(C)C)c2)nc1. The third-order valence-electron chi connectivity index (χ3n) is 3.10. The third kappa shape index (κ3) is 4.05. The van der Waals surface area contributed by atoms with Crippen LogP contribution in [-0.2, 0) is 4.74 Å². The minimum absolute atomic E-state index is 0.349. The normalized spacial score (nSPS) is 10.5. The summed E-state index contributed by atoms with van der Waals surface area (Å²) >= 11 is 0. The highest BCUT2D eigenvalue weighted by atomic mass is 16.5. The van der Waals surface area contributed by atoms with Crippen molar-refractivity contribution < 1.29 is 9.53 Å². The van der Waals surface area contributed by atoms with Crippen molar-refractivity contribution in [3.8, 4) is 0 Å². The highest BCUT2D eigenvalue weighted by Gasteiger charge is 2.07. The number of aromatic nitrogens is 1. The number of rotatable bonds is 5. The van der Waals surface area contributed by atoms with E-state index in [1.807, 2.05) is 12.1 Å². The summed E-state index contributed by atoms with van der Waals surface area (Å²) < 4.78 is 4.93. The van der Waals surface area contributed by atoms with Crippen LogP contribution in [0.2, 0.25) is 0 Å². The largest absolute Gasteiger partial charge is 0.462 e. The first-order valence-electron chi connectivity index (χ1n) is 7.10. The highest BCUT2D eigenvalue weighted by Crippen LogP contribution is 2.21. The van der Waals surface area contributed by atoms with E-state index in [-0.39, 0.29) is 5.97 Å². The number of hydrogen-bond donors (Lipinski definition) is 1. The molecule has 1 aromatic carbocycles. The van der Waals surface area contributed by atoms with Gasteiger partial charge in [-0.2, -0.15) is 0 Å². The Labute approximate surface area is 125 Å². The first-order chi connectivity index (χ1) is 10.1. The topological polar surface area (TPSA) is 51.2 Å². The molecule has 2 aromatic rings. The summed E-state index contributed by atoms with van der Waals surface area (Å²) in [4.78, 5) is 15.8. The molecule has 0 aliphatic rings. The maximum atomic E-state index is 11.6. The van der Waals surface area contributed by atoms with E-state index in [1.165, 1.54) is 11.8 Å². The van der Waals surface area contributed by atoms with Gasteiger partial charge in [0.25, 0.3) is 0 Å². The van der Waals surface area contributed by atoms with Crippen LogP contribution in [0.25, 0.3) is 0 Å². The summed E-state index contributed by atoms with van der Waals surface area (Å²) in [6.07, 6.45) is 1.52. The molecule has 0 spiro atoms. The molecular formula is C17H20N2O2. The predicted molar refractivity (Wildman–Crippen MR) is 84.0 cm³/mol. The number of hydrogen-bond acceptors (Lipinski definition) is 4. The average molecular weight is 284 g/mol. The van der Waals surface area contributed by atoms with Gasteiger partial charge < -0.3 is 10.1 Å². The first kappa shape index (κ1) is 15.0. The molecule has 1 heterocycles. The van der Waals surface area contributed by atoms with Gasteiger partial charge in [0.2, 0.25) is 0 Å². The van der Waals surface area contributed by atoms with Crippen LogP contribution in [0.15, 0.2) is 42.6 Å². The van der Waals surface area contributed by atoms with Gasteiger partial charge in [0.05, 0.1) is 12.2 Å². The van der Waals surface area contributed by atoms with Gasteiger partial charge in [-0.3, -0.25) is 0 Å². The van der Waals surface area contributed by atoms with Crippen LogP contribution in [0.1, 0.15) is 42.6 Å². The molecule has 0 saturated carbocycles. The molecule has 4 heteroatoms. The van der Waals surface area contributed by atoms with E-state index in [4.69, 9.17) is 4.74 Å². The zero-order chi connectivity index (χ0) is 15.2. The van der Waals surface area contributed by atoms with Crippen LogP contribution in [-0.4, -0.2) is 17.6 Å². The minimum atomic E-state index is -0.349. The monoisotopic (exact) mass is 284 g/mol. The molecule has 0 aliphatic carbocycles. The standard InChI is InChI=1S/C17H20N2O2/c1-4-21-17(20)14-8-9-16(18-11-14)19-15-7-5-6-13(10-15)12(2)3/h5-12H,4H2,1-3H3,(H,18,19). The molecule has 1 N–H and O–H groups in total. The summed E-state index contributed by atoms with van der Waals surface area (Å²) in [5.41, 5.74) is 2.71. The van der Waals surface area contributed by atoms with Gasteiger partial charge in [0, 0.05) is 11.9 Å². The van der Waals surface area contributed by atoms with Crippen molar-refractivity contribution in [2.75, 3.05) is 11.9 Å². The van der Waals surface area contributed by atoms with Crippen LogP contribution in [0, 0.1) is 0 Å². The molecule has 1 aromatic heterocycles. The number of esters is 1. The molecular weight excluding hydrogens is 264 g/mol. The van der Waals surface area contributed by atoms with Gasteiger partial charge in [-0.1, -0.05) is 26.0 Å². The number of carbonyl (C=O) groups is 1. The van der Waals surface area contributed by atoms with E-state index in [2.05, 4.69) is 36.3 Å². The Morgan fingerprint density at radius 1 is 1.29 bits per heavy atom. The number of nitrogens with one attached hydrogen (secondary N) is 1. The molecule has 21 heavy (non-hydrogen) atoms. The zero-order valence-corrected chi connectivity index (χ0v) is 12.6. The number of anilines is 2. The number of nitrogens with zero attached hydrogens (tertiary/aromatic N) is 1. The van der Waals surface area contributed by atoms with Crippen LogP contribution in [0.3, 0.4) is 0 Å². The number of ether oxygens (including phenoxy) is 1. The molecule has 0 bridgehead atoms. The molecule has 2 rings (SSSR count). The minimum Gasteiger partial charge on any atom is -0.462 e. The summed E-state index contributed by atoms with van der Waals surface area (Å²) in [6.45, 7) is 6.46. The second kappa shape index (κ2) is 6.88. The van der Waals surface area contributed by atoms with Gasteiger partial charge in [0.1, 0.15) is 5.82 Å². The van der Waals surface area contributed by atoms with Gasteiger partial charge >= 0.3 is 5.97 Å². The maximum absolute atomic E-state index is 11.6. The molecule has 0 unspecified atom stereocenters. The molecule has 0 fully saturated rings.